The van der Waals surface area contributed by atoms with E-state index in [1.54, 1.807) is 6.20 Å². The Labute approximate surface area is 186 Å². The number of morpholine rings is 1. The highest BCUT2D eigenvalue weighted by atomic mass is 35.5. The zero-order valence-electron chi connectivity index (χ0n) is 16.5. The van der Waals surface area contributed by atoms with Crippen molar-refractivity contribution in [3.63, 3.8) is 0 Å². The van der Waals surface area contributed by atoms with Crippen molar-refractivity contribution in [2.24, 2.45) is 0 Å². The second kappa shape index (κ2) is 8.23. The molecule has 160 valence electrons. The van der Waals surface area contributed by atoms with E-state index in [0.29, 0.717) is 34.3 Å². The van der Waals surface area contributed by atoms with E-state index in [4.69, 9.17) is 21.1 Å². The molecular formula is C21H18ClFN4O3S. The third-order valence-electron chi connectivity index (χ3n) is 5.39. The first-order valence-corrected chi connectivity index (χ1v) is 11.0. The number of hydrogen-bond donors (Lipinski definition) is 0. The number of nitrogens with zero attached hydrogens (tertiary/aromatic N) is 4. The molecule has 0 aliphatic carbocycles. The maximum atomic E-state index is 13.7. The molecule has 10 heteroatoms. The van der Waals surface area contributed by atoms with E-state index >= 15 is 0 Å². The molecule has 1 unspecified atom stereocenters. The van der Waals surface area contributed by atoms with Crippen molar-refractivity contribution >= 4 is 28.9 Å². The van der Waals surface area contributed by atoms with Crippen molar-refractivity contribution in [1.82, 2.24) is 19.9 Å². The van der Waals surface area contributed by atoms with Gasteiger partial charge >= 0.3 is 5.97 Å². The van der Waals surface area contributed by atoms with Gasteiger partial charge in [0.15, 0.2) is 10.8 Å². The van der Waals surface area contributed by atoms with Gasteiger partial charge < -0.3 is 9.47 Å². The summed E-state index contributed by atoms with van der Waals surface area (Å²) in [5.74, 6) is -0.670. The van der Waals surface area contributed by atoms with Gasteiger partial charge in [-0.05, 0) is 18.2 Å². The largest absolute Gasteiger partial charge is 0.465 e. The van der Waals surface area contributed by atoms with Gasteiger partial charge in [0, 0.05) is 43.2 Å². The number of methoxy groups -OCH3 is 1. The molecule has 0 saturated carbocycles. The van der Waals surface area contributed by atoms with Crippen molar-refractivity contribution in [3.05, 3.63) is 51.9 Å². The fourth-order valence-corrected chi connectivity index (χ4v) is 4.85. The van der Waals surface area contributed by atoms with Crippen LogP contribution in [0.1, 0.15) is 22.5 Å². The quantitative estimate of drug-likeness (QED) is 0.535. The first kappa shape index (κ1) is 20.4. The predicted octanol–water partition coefficient (Wildman–Crippen LogP) is 3.82. The number of halogens is 2. The van der Waals surface area contributed by atoms with Crippen LogP contribution < -0.4 is 0 Å². The summed E-state index contributed by atoms with van der Waals surface area (Å²) in [6.07, 6.45) is 3.15. The van der Waals surface area contributed by atoms with Crippen molar-refractivity contribution in [3.8, 4) is 22.1 Å². The number of benzene rings is 1. The molecule has 3 aliphatic rings. The third-order valence-corrected chi connectivity index (χ3v) is 6.47. The van der Waals surface area contributed by atoms with Crippen LogP contribution in [0, 0.1) is 5.82 Å². The van der Waals surface area contributed by atoms with Gasteiger partial charge in [-0.2, -0.15) is 0 Å². The minimum Gasteiger partial charge on any atom is -0.465 e. The molecule has 3 fully saturated rings. The lowest BCUT2D eigenvalue weighted by molar-refractivity contribution is -0.182. The van der Waals surface area contributed by atoms with Crippen LogP contribution in [0.5, 0.6) is 0 Å². The summed E-state index contributed by atoms with van der Waals surface area (Å²) in [6.45, 7) is 1.95. The Bertz CT molecular complexity index is 1130. The summed E-state index contributed by atoms with van der Waals surface area (Å²) in [5, 5.41) is 2.58. The number of hydrogen-bond acceptors (Lipinski definition) is 8. The summed E-state index contributed by atoms with van der Waals surface area (Å²) in [7, 11) is 1.31. The van der Waals surface area contributed by atoms with Crippen molar-refractivity contribution in [2.75, 3.05) is 20.2 Å². The fourth-order valence-electron chi connectivity index (χ4n) is 4.02. The molecule has 0 amide bonds. The average Bonchev–Trinajstić information content (AvgIpc) is 3.27. The van der Waals surface area contributed by atoms with Crippen LogP contribution in [-0.2, 0) is 16.0 Å². The predicted molar refractivity (Wildman–Crippen MR) is 113 cm³/mol. The number of esters is 1. The topological polar surface area (TPSA) is 77.4 Å². The number of fused-ring (bicyclic) bond motifs is 2. The second-order valence-electron chi connectivity index (χ2n) is 7.48. The average molecular weight is 461 g/mol. The van der Waals surface area contributed by atoms with E-state index in [9.17, 15) is 9.18 Å². The summed E-state index contributed by atoms with van der Waals surface area (Å²) >= 11 is 7.73. The highest BCUT2D eigenvalue weighted by Crippen LogP contribution is 2.35. The van der Waals surface area contributed by atoms with Gasteiger partial charge in [-0.1, -0.05) is 11.6 Å². The summed E-state index contributed by atoms with van der Waals surface area (Å²) < 4.78 is 24.5. The lowest BCUT2D eigenvalue weighted by Gasteiger charge is -2.47. The molecule has 0 spiro atoms. The van der Waals surface area contributed by atoms with E-state index in [1.807, 2.05) is 5.38 Å². The van der Waals surface area contributed by atoms with Crippen molar-refractivity contribution in [1.29, 1.82) is 0 Å². The summed E-state index contributed by atoms with van der Waals surface area (Å²) in [6, 6.07) is 3.98. The molecule has 7 nitrogen and oxygen atoms in total. The summed E-state index contributed by atoms with van der Waals surface area (Å²) in [4.78, 5) is 28.7. The van der Waals surface area contributed by atoms with Gasteiger partial charge in [-0.3, -0.25) is 4.90 Å². The molecule has 0 N–H and O–H groups in total. The highest BCUT2D eigenvalue weighted by molar-refractivity contribution is 7.13. The van der Waals surface area contributed by atoms with E-state index < -0.39 is 11.8 Å². The Hall–Kier alpha value is -2.46. The maximum Gasteiger partial charge on any atom is 0.342 e. The number of ether oxygens (including phenoxy) is 2. The van der Waals surface area contributed by atoms with E-state index in [2.05, 4.69) is 19.9 Å². The lowest BCUT2D eigenvalue weighted by Crippen LogP contribution is -2.56. The van der Waals surface area contributed by atoms with Gasteiger partial charge in [0.25, 0.3) is 0 Å². The number of aromatic nitrogens is 3. The summed E-state index contributed by atoms with van der Waals surface area (Å²) in [5.41, 5.74) is 1.46. The standard InChI is InChI=1S/C21H18ClFN4O3S/c1-29-21(28)17-16(10-27-8-12-7-13(9-27)30-12)25-19(20-24-4-5-31-20)26-18(17)14-3-2-11(23)6-15(14)22/h2-6,12-13H,7-10H2,1H3/t12-,13?/m1/s1. The van der Waals surface area contributed by atoms with E-state index in [0.717, 1.165) is 19.5 Å². The Morgan fingerprint density at radius 3 is 2.77 bits per heavy atom. The van der Waals surface area contributed by atoms with E-state index in [1.165, 1.54) is 36.6 Å². The third kappa shape index (κ3) is 3.94. The highest BCUT2D eigenvalue weighted by Gasteiger charge is 2.39. The number of rotatable bonds is 5. The number of carbonyl (C=O) groups is 1. The molecular weight excluding hydrogens is 443 g/mol. The first-order valence-electron chi connectivity index (χ1n) is 9.74. The van der Waals surface area contributed by atoms with Crippen LogP contribution in [0.4, 0.5) is 4.39 Å². The van der Waals surface area contributed by atoms with Crippen LogP contribution in [0.2, 0.25) is 5.02 Å². The molecule has 2 atom stereocenters. The number of carbonyl (C=O) groups excluding carboxylic acids is 1. The molecule has 0 radical (unpaired) electrons. The molecule has 2 bridgehead atoms. The molecule has 3 saturated heterocycles. The number of piperidine rings is 1. The fraction of sp³-hybridized carbons (Fsp3) is 0.333. The smallest absolute Gasteiger partial charge is 0.342 e. The second-order valence-corrected chi connectivity index (χ2v) is 8.78. The zero-order valence-corrected chi connectivity index (χ0v) is 18.1. The van der Waals surface area contributed by atoms with Crippen LogP contribution in [0.15, 0.2) is 29.8 Å². The van der Waals surface area contributed by atoms with Crippen molar-refractivity contribution < 1.29 is 18.7 Å². The van der Waals surface area contributed by atoms with Gasteiger partial charge in [0.05, 0.1) is 35.7 Å². The Kier molecular flexibility index (Phi) is 5.43. The van der Waals surface area contributed by atoms with Crippen LogP contribution in [0.3, 0.4) is 0 Å². The van der Waals surface area contributed by atoms with Crippen LogP contribution >= 0.6 is 22.9 Å². The lowest BCUT2D eigenvalue weighted by atomic mass is 9.97. The van der Waals surface area contributed by atoms with Crippen LogP contribution in [0.25, 0.3) is 22.1 Å². The molecule has 1 aromatic carbocycles. The molecule has 5 heterocycles. The minimum atomic E-state index is -0.575. The molecule has 6 rings (SSSR count). The Morgan fingerprint density at radius 1 is 1.35 bits per heavy atom. The monoisotopic (exact) mass is 460 g/mol. The van der Waals surface area contributed by atoms with Crippen LogP contribution in [-0.4, -0.2) is 58.2 Å². The molecule has 2 aromatic heterocycles. The normalized spacial score (nSPS) is 20.4. The minimum absolute atomic E-state index is 0.146. The zero-order chi connectivity index (χ0) is 21.5. The van der Waals surface area contributed by atoms with Crippen molar-refractivity contribution in [2.45, 2.75) is 25.2 Å². The molecule has 3 aromatic rings. The van der Waals surface area contributed by atoms with Gasteiger partial charge in [-0.25, -0.2) is 24.1 Å². The van der Waals surface area contributed by atoms with E-state index in [-0.39, 0.29) is 22.8 Å². The maximum absolute atomic E-state index is 13.7. The Morgan fingerprint density at radius 2 is 2.13 bits per heavy atom. The first-order chi connectivity index (χ1) is 15.0. The Balaban J connectivity index is 1.67. The molecule has 3 aliphatic heterocycles. The van der Waals surface area contributed by atoms with Gasteiger partial charge in [-0.15, -0.1) is 11.3 Å². The SMILES string of the molecule is COC(=O)c1c(CN2CC3C[C@H](C2)O3)nc(-c2nccs2)nc1-c1ccc(F)cc1Cl. The number of thiazole rings is 1. The molecule has 31 heavy (non-hydrogen) atoms. The van der Waals surface area contributed by atoms with Gasteiger partial charge in [0.1, 0.15) is 11.4 Å². The van der Waals surface area contributed by atoms with Gasteiger partial charge in [0.2, 0.25) is 0 Å².